The molecule has 0 radical (unpaired) electrons. The number of hydrogen-bond donors (Lipinski definition) is 2. The number of hydrogen-bond acceptors (Lipinski definition) is 4. The number of ether oxygens (including phenoxy) is 1. The lowest BCUT2D eigenvalue weighted by Gasteiger charge is -2.16. The molecule has 3 N–H and O–H groups in total. The third-order valence-electron chi connectivity index (χ3n) is 5.25. The van der Waals surface area contributed by atoms with E-state index in [9.17, 15) is 4.79 Å². The van der Waals surface area contributed by atoms with Gasteiger partial charge >= 0.3 is 0 Å². The third-order valence-corrected chi connectivity index (χ3v) is 5.25. The van der Waals surface area contributed by atoms with Gasteiger partial charge < -0.3 is 15.8 Å². The molecular weight excluding hydrogens is 374 g/mol. The van der Waals surface area contributed by atoms with E-state index in [4.69, 9.17) is 10.5 Å². The van der Waals surface area contributed by atoms with Gasteiger partial charge in [-0.25, -0.2) is 4.98 Å². The van der Waals surface area contributed by atoms with E-state index in [1.165, 1.54) is 5.56 Å². The van der Waals surface area contributed by atoms with Crippen molar-refractivity contribution in [3.8, 4) is 11.5 Å². The van der Waals surface area contributed by atoms with Crippen LogP contribution in [0.15, 0.2) is 54.6 Å². The Hall–Kier alpha value is -3.34. The molecular formula is C25H29N3O2. The lowest BCUT2D eigenvalue weighted by molar-refractivity contribution is 0.102. The highest BCUT2D eigenvalue weighted by Crippen LogP contribution is 2.33. The van der Waals surface area contributed by atoms with Crippen LogP contribution < -0.4 is 15.8 Å². The van der Waals surface area contributed by atoms with E-state index in [0.717, 1.165) is 35.6 Å². The van der Waals surface area contributed by atoms with E-state index in [-0.39, 0.29) is 11.7 Å². The molecule has 0 aliphatic heterocycles. The summed E-state index contributed by atoms with van der Waals surface area (Å²) in [6, 6.07) is 17.2. The average Bonchev–Trinajstić information content (AvgIpc) is 2.72. The van der Waals surface area contributed by atoms with Gasteiger partial charge in [-0.1, -0.05) is 38.5 Å². The van der Waals surface area contributed by atoms with Gasteiger partial charge in [-0.2, -0.15) is 0 Å². The van der Waals surface area contributed by atoms with Crippen LogP contribution in [0.3, 0.4) is 0 Å². The van der Waals surface area contributed by atoms with E-state index in [1.807, 2.05) is 56.3 Å². The first-order valence-corrected chi connectivity index (χ1v) is 10.3. The van der Waals surface area contributed by atoms with Crippen LogP contribution in [0.2, 0.25) is 0 Å². The minimum atomic E-state index is -0.282. The van der Waals surface area contributed by atoms with Gasteiger partial charge in [0, 0.05) is 11.4 Å². The fourth-order valence-electron chi connectivity index (χ4n) is 3.41. The molecule has 0 saturated heterocycles. The van der Waals surface area contributed by atoms with E-state index in [0.29, 0.717) is 17.2 Å². The molecule has 0 aliphatic rings. The number of nitrogen functional groups attached to an aromatic ring is 1. The Bertz CT molecular complexity index is 1030. The van der Waals surface area contributed by atoms with E-state index in [1.54, 1.807) is 6.07 Å². The van der Waals surface area contributed by atoms with Gasteiger partial charge in [0.05, 0.1) is 5.56 Å². The average molecular weight is 404 g/mol. The van der Waals surface area contributed by atoms with Gasteiger partial charge in [-0.05, 0) is 73.7 Å². The van der Waals surface area contributed by atoms with Gasteiger partial charge in [0.1, 0.15) is 17.3 Å². The molecule has 1 aromatic heterocycles. The Balaban J connectivity index is 1.72. The molecule has 0 fully saturated rings. The smallest absolute Gasteiger partial charge is 0.259 e. The lowest BCUT2D eigenvalue weighted by atomic mass is 9.96. The molecule has 3 rings (SSSR count). The second-order valence-corrected chi connectivity index (χ2v) is 7.63. The van der Waals surface area contributed by atoms with E-state index in [2.05, 4.69) is 30.2 Å². The Morgan fingerprint density at radius 2 is 1.83 bits per heavy atom. The van der Waals surface area contributed by atoms with Crippen LogP contribution in [0.5, 0.6) is 11.5 Å². The zero-order chi connectivity index (χ0) is 21.7. The molecule has 5 heteroatoms. The van der Waals surface area contributed by atoms with Crippen LogP contribution in [-0.4, -0.2) is 10.9 Å². The Kier molecular flexibility index (Phi) is 6.72. The highest BCUT2D eigenvalue weighted by Gasteiger charge is 2.14. The van der Waals surface area contributed by atoms with Gasteiger partial charge in [0.2, 0.25) is 0 Å². The van der Waals surface area contributed by atoms with Crippen molar-refractivity contribution in [2.45, 2.75) is 46.5 Å². The first-order valence-electron chi connectivity index (χ1n) is 10.3. The van der Waals surface area contributed by atoms with Crippen LogP contribution in [-0.2, 0) is 0 Å². The number of carbonyl (C=O) groups excluding carboxylic acids is 1. The number of nitrogens with zero attached hydrogens (tertiary/aromatic N) is 1. The van der Waals surface area contributed by atoms with Gasteiger partial charge in [-0.3, -0.25) is 4.79 Å². The van der Waals surface area contributed by atoms with Crippen LogP contribution in [0.4, 0.5) is 11.5 Å². The number of para-hydroxylation sites is 1. The second-order valence-electron chi connectivity index (χ2n) is 7.63. The summed E-state index contributed by atoms with van der Waals surface area (Å²) in [5, 5.41) is 2.87. The fraction of sp³-hybridized carbons (Fsp3) is 0.280. The predicted molar refractivity (Wildman–Crippen MR) is 122 cm³/mol. The van der Waals surface area contributed by atoms with Crippen molar-refractivity contribution in [3.05, 3.63) is 77.0 Å². The molecule has 1 amide bonds. The van der Waals surface area contributed by atoms with E-state index < -0.39 is 0 Å². The molecule has 2 aromatic carbocycles. The maximum absolute atomic E-state index is 12.6. The number of aromatic nitrogens is 1. The van der Waals surface area contributed by atoms with Crippen LogP contribution in [0.1, 0.15) is 59.8 Å². The normalized spacial score (nSPS) is 11.7. The molecule has 0 aliphatic carbocycles. The maximum Gasteiger partial charge on any atom is 0.259 e. The van der Waals surface area contributed by atoms with Gasteiger partial charge in [0.15, 0.2) is 0 Å². The topological polar surface area (TPSA) is 77.2 Å². The number of benzene rings is 2. The fourth-order valence-corrected chi connectivity index (χ4v) is 3.41. The predicted octanol–water partition coefficient (Wildman–Crippen LogP) is 6.23. The Labute approximate surface area is 178 Å². The summed E-state index contributed by atoms with van der Waals surface area (Å²) in [6.45, 7) is 8.18. The largest absolute Gasteiger partial charge is 0.457 e. The number of amides is 1. The number of nitrogens with two attached hydrogens (primary N) is 1. The van der Waals surface area contributed by atoms with Crippen LogP contribution in [0.25, 0.3) is 0 Å². The number of carbonyl (C=O) groups is 1. The van der Waals surface area contributed by atoms with Crippen molar-refractivity contribution >= 4 is 17.4 Å². The molecule has 0 spiro atoms. The first kappa shape index (κ1) is 21.4. The van der Waals surface area contributed by atoms with Crippen molar-refractivity contribution in [1.82, 2.24) is 4.98 Å². The summed E-state index contributed by atoms with van der Waals surface area (Å²) in [4.78, 5) is 16.8. The molecule has 156 valence electrons. The maximum atomic E-state index is 12.6. The van der Waals surface area contributed by atoms with Crippen LogP contribution >= 0.6 is 0 Å². The molecule has 1 unspecified atom stereocenters. The van der Waals surface area contributed by atoms with Crippen molar-refractivity contribution in [2.75, 3.05) is 11.1 Å². The summed E-state index contributed by atoms with van der Waals surface area (Å²) in [6.07, 6.45) is 2.24. The zero-order valence-corrected chi connectivity index (χ0v) is 18.0. The number of rotatable bonds is 7. The monoisotopic (exact) mass is 403 g/mol. The molecule has 0 bridgehead atoms. The number of anilines is 2. The molecule has 3 aromatic rings. The SMILES string of the molecule is CCCC(C)c1ccccc1Oc1ccc(NC(=O)c2cc(C)c(C)nc2N)cc1. The molecule has 30 heavy (non-hydrogen) atoms. The summed E-state index contributed by atoms with van der Waals surface area (Å²) in [5.41, 5.74) is 9.91. The summed E-state index contributed by atoms with van der Waals surface area (Å²) < 4.78 is 6.13. The third kappa shape index (κ3) is 4.98. The zero-order valence-electron chi connectivity index (χ0n) is 18.0. The minimum absolute atomic E-state index is 0.230. The standard InChI is InChI=1S/C25H29N3O2/c1-5-8-16(2)21-9-6-7-10-23(21)30-20-13-11-19(12-14-20)28-25(29)22-15-17(3)18(4)27-24(22)26/h6-7,9-16H,5,8H2,1-4H3,(H2,26,27)(H,28,29). The molecule has 5 nitrogen and oxygen atoms in total. The van der Waals surface area contributed by atoms with Crippen molar-refractivity contribution in [2.24, 2.45) is 0 Å². The van der Waals surface area contributed by atoms with Gasteiger partial charge in [-0.15, -0.1) is 0 Å². The molecule has 0 saturated carbocycles. The van der Waals surface area contributed by atoms with Crippen molar-refractivity contribution < 1.29 is 9.53 Å². The Morgan fingerprint density at radius 3 is 2.53 bits per heavy atom. The molecule has 1 atom stereocenters. The van der Waals surface area contributed by atoms with Crippen molar-refractivity contribution in [1.29, 1.82) is 0 Å². The Morgan fingerprint density at radius 1 is 1.13 bits per heavy atom. The highest BCUT2D eigenvalue weighted by molar-refractivity contribution is 6.07. The number of pyridine rings is 1. The van der Waals surface area contributed by atoms with Gasteiger partial charge in [0.25, 0.3) is 5.91 Å². The number of aryl methyl sites for hydroxylation is 2. The summed E-state index contributed by atoms with van der Waals surface area (Å²) in [5.74, 6) is 1.96. The highest BCUT2D eigenvalue weighted by atomic mass is 16.5. The number of nitrogens with one attached hydrogen (secondary N) is 1. The summed E-state index contributed by atoms with van der Waals surface area (Å²) in [7, 11) is 0. The minimum Gasteiger partial charge on any atom is -0.457 e. The van der Waals surface area contributed by atoms with E-state index >= 15 is 0 Å². The molecule has 1 heterocycles. The second kappa shape index (κ2) is 9.44. The lowest BCUT2D eigenvalue weighted by Crippen LogP contribution is -2.15. The van der Waals surface area contributed by atoms with Crippen molar-refractivity contribution in [3.63, 3.8) is 0 Å². The quantitative estimate of drug-likeness (QED) is 0.490. The first-order chi connectivity index (χ1) is 14.4. The van der Waals surface area contributed by atoms with Crippen LogP contribution in [0, 0.1) is 13.8 Å². The summed E-state index contributed by atoms with van der Waals surface area (Å²) >= 11 is 0.